The fraction of sp³-hybridized carbons (Fsp3) is 0.471. The predicted molar refractivity (Wildman–Crippen MR) is 100 cm³/mol. The van der Waals surface area contributed by atoms with E-state index < -0.39 is 0 Å². The normalized spacial score (nSPS) is 10.5. The van der Waals surface area contributed by atoms with Gasteiger partial charge in [-0.3, -0.25) is 5.32 Å². The Labute approximate surface area is 147 Å². The average molecular weight is 347 g/mol. The molecule has 1 heterocycles. The van der Waals surface area contributed by atoms with Gasteiger partial charge >= 0.3 is 6.03 Å². The lowest BCUT2D eigenvalue weighted by Gasteiger charge is -2.12. The number of hydrogen-bond acceptors (Lipinski definition) is 5. The quantitative estimate of drug-likeness (QED) is 0.719. The minimum atomic E-state index is -0.225. The number of aryl methyl sites for hydroxylation is 2. The Morgan fingerprint density at radius 2 is 1.92 bits per heavy atom. The van der Waals surface area contributed by atoms with Gasteiger partial charge in [-0.1, -0.05) is 30.4 Å². The Kier molecular flexibility index (Phi) is 6.99. The first-order valence-corrected chi connectivity index (χ1v) is 9.03. The molecular formula is C17H25N5OS. The van der Waals surface area contributed by atoms with Gasteiger partial charge in [-0.25, -0.2) is 4.79 Å². The van der Waals surface area contributed by atoms with Crippen LogP contribution in [-0.4, -0.2) is 36.9 Å². The molecule has 0 radical (unpaired) electrons. The lowest BCUT2D eigenvalue weighted by molar-refractivity contribution is 0.252. The molecule has 1 aromatic heterocycles. The monoisotopic (exact) mass is 347 g/mol. The summed E-state index contributed by atoms with van der Waals surface area (Å²) in [6.07, 6.45) is 3.75. The van der Waals surface area contributed by atoms with Crippen molar-refractivity contribution in [2.45, 2.75) is 32.6 Å². The zero-order valence-corrected chi connectivity index (χ0v) is 15.3. The van der Waals surface area contributed by atoms with Gasteiger partial charge in [-0.2, -0.15) is 0 Å². The van der Waals surface area contributed by atoms with Crippen molar-refractivity contribution in [2.75, 3.05) is 30.9 Å². The minimum absolute atomic E-state index is 0.225. The van der Waals surface area contributed by atoms with E-state index in [1.54, 1.807) is 0 Å². The van der Waals surface area contributed by atoms with Crippen LogP contribution in [0.1, 0.15) is 30.3 Å². The highest BCUT2D eigenvalue weighted by molar-refractivity contribution is 7.15. The molecule has 2 N–H and O–H groups in total. The van der Waals surface area contributed by atoms with Crippen molar-refractivity contribution >= 4 is 28.2 Å². The molecule has 0 atom stereocenters. The third kappa shape index (κ3) is 5.81. The van der Waals surface area contributed by atoms with E-state index in [1.807, 2.05) is 14.1 Å². The Balaban J connectivity index is 1.66. The van der Waals surface area contributed by atoms with Crippen LogP contribution in [0.2, 0.25) is 0 Å². The van der Waals surface area contributed by atoms with Gasteiger partial charge in [0, 0.05) is 32.7 Å². The number of carbonyl (C=O) groups excluding carboxylic acids is 1. The molecule has 2 aromatic rings. The number of carbonyl (C=O) groups is 1. The van der Waals surface area contributed by atoms with Crippen LogP contribution in [0.3, 0.4) is 0 Å². The predicted octanol–water partition coefficient (Wildman–Crippen LogP) is 3.31. The molecule has 0 aliphatic heterocycles. The maximum atomic E-state index is 11.8. The summed E-state index contributed by atoms with van der Waals surface area (Å²) in [6.45, 7) is 2.72. The van der Waals surface area contributed by atoms with Crippen molar-refractivity contribution in [1.29, 1.82) is 0 Å². The number of nitrogens with one attached hydrogen (secondary N) is 2. The van der Waals surface area contributed by atoms with Crippen LogP contribution < -0.4 is 15.5 Å². The van der Waals surface area contributed by atoms with E-state index >= 15 is 0 Å². The van der Waals surface area contributed by atoms with E-state index in [-0.39, 0.29) is 6.03 Å². The van der Waals surface area contributed by atoms with E-state index in [0.717, 1.165) is 30.7 Å². The van der Waals surface area contributed by atoms with Gasteiger partial charge < -0.3 is 10.2 Å². The molecule has 0 fully saturated rings. The molecule has 0 aliphatic rings. The number of rotatable bonds is 8. The van der Waals surface area contributed by atoms with Crippen LogP contribution in [0.25, 0.3) is 0 Å². The Morgan fingerprint density at radius 3 is 2.58 bits per heavy atom. The minimum Gasteiger partial charge on any atom is -0.378 e. The maximum absolute atomic E-state index is 11.8. The van der Waals surface area contributed by atoms with E-state index in [2.05, 4.69) is 56.9 Å². The van der Waals surface area contributed by atoms with Gasteiger partial charge in [0.15, 0.2) is 0 Å². The van der Waals surface area contributed by atoms with Crippen molar-refractivity contribution in [3.05, 3.63) is 34.8 Å². The summed E-state index contributed by atoms with van der Waals surface area (Å²) in [4.78, 5) is 13.9. The van der Waals surface area contributed by atoms with Crippen LogP contribution in [0, 0.1) is 0 Å². The second kappa shape index (κ2) is 9.22. The third-order valence-corrected chi connectivity index (χ3v) is 4.43. The Hall–Kier alpha value is -2.15. The summed E-state index contributed by atoms with van der Waals surface area (Å²) in [6, 6.07) is 8.26. The van der Waals surface area contributed by atoms with Gasteiger partial charge in [-0.05, 0) is 37.0 Å². The summed E-state index contributed by atoms with van der Waals surface area (Å²) in [5.41, 5.74) is 2.46. The van der Waals surface area contributed by atoms with E-state index in [0.29, 0.717) is 11.7 Å². The second-order valence-electron chi connectivity index (χ2n) is 5.80. The molecule has 2 amide bonds. The number of anilines is 2. The molecule has 0 aliphatic carbocycles. The summed E-state index contributed by atoms with van der Waals surface area (Å²) in [5, 5.41) is 15.1. The number of amides is 2. The van der Waals surface area contributed by atoms with Crippen LogP contribution in [-0.2, 0) is 12.8 Å². The second-order valence-corrected chi connectivity index (χ2v) is 6.86. The van der Waals surface area contributed by atoms with Gasteiger partial charge in [0.2, 0.25) is 5.13 Å². The molecule has 130 valence electrons. The summed E-state index contributed by atoms with van der Waals surface area (Å²) >= 11 is 1.43. The largest absolute Gasteiger partial charge is 0.378 e. The zero-order chi connectivity index (χ0) is 17.4. The average Bonchev–Trinajstić information content (AvgIpc) is 2.99. The summed E-state index contributed by atoms with van der Waals surface area (Å²) in [7, 11) is 4.06. The van der Waals surface area contributed by atoms with Crippen molar-refractivity contribution in [3.8, 4) is 0 Å². The zero-order valence-electron chi connectivity index (χ0n) is 14.5. The van der Waals surface area contributed by atoms with Crippen molar-refractivity contribution in [2.24, 2.45) is 0 Å². The highest BCUT2D eigenvalue weighted by atomic mass is 32.1. The summed E-state index contributed by atoms with van der Waals surface area (Å²) in [5.74, 6) is 0. The molecule has 6 nitrogen and oxygen atoms in total. The molecule has 0 saturated heterocycles. The van der Waals surface area contributed by atoms with Crippen molar-refractivity contribution < 1.29 is 4.79 Å². The van der Waals surface area contributed by atoms with Gasteiger partial charge in [0.25, 0.3) is 0 Å². The standard InChI is InChI=1S/C17H25N5OS/c1-4-6-15-20-21-17(24-15)19-16(23)18-12-5-7-13-8-10-14(11-9-13)22(2)3/h8-11H,4-7,12H2,1-3H3,(H2,18,19,21,23). The first-order chi connectivity index (χ1) is 11.6. The van der Waals surface area contributed by atoms with Crippen LogP contribution in [0.15, 0.2) is 24.3 Å². The van der Waals surface area contributed by atoms with Crippen LogP contribution in [0.4, 0.5) is 15.6 Å². The lowest BCUT2D eigenvalue weighted by atomic mass is 10.1. The number of aromatic nitrogens is 2. The molecule has 0 spiro atoms. The summed E-state index contributed by atoms with van der Waals surface area (Å²) < 4.78 is 0. The molecule has 0 bridgehead atoms. The van der Waals surface area contributed by atoms with Crippen LogP contribution >= 0.6 is 11.3 Å². The highest BCUT2D eigenvalue weighted by Gasteiger charge is 2.07. The number of benzene rings is 1. The highest BCUT2D eigenvalue weighted by Crippen LogP contribution is 2.16. The molecule has 7 heteroatoms. The van der Waals surface area contributed by atoms with Gasteiger partial charge in [0.1, 0.15) is 5.01 Å². The van der Waals surface area contributed by atoms with Crippen LogP contribution in [0.5, 0.6) is 0 Å². The molecule has 0 unspecified atom stereocenters. The Bertz CT molecular complexity index is 639. The maximum Gasteiger partial charge on any atom is 0.321 e. The SMILES string of the molecule is CCCc1nnc(NC(=O)NCCCc2ccc(N(C)C)cc2)s1. The molecular weight excluding hydrogens is 322 g/mol. The fourth-order valence-electron chi connectivity index (χ4n) is 2.22. The van der Waals surface area contributed by atoms with Gasteiger partial charge in [-0.15, -0.1) is 10.2 Å². The van der Waals surface area contributed by atoms with E-state index in [9.17, 15) is 4.79 Å². The molecule has 0 saturated carbocycles. The number of nitrogens with zero attached hydrogens (tertiary/aromatic N) is 3. The first kappa shape index (κ1) is 18.2. The third-order valence-electron chi connectivity index (χ3n) is 3.53. The topological polar surface area (TPSA) is 70.1 Å². The number of urea groups is 1. The smallest absolute Gasteiger partial charge is 0.321 e. The molecule has 24 heavy (non-hydrogen) atoms. The lowest BCUT2D eigenvalue weighted by Crippen LogP contribution is -2.29. The van der Waals surface area contributed by atoms with E-state index in [1.165, 1.54) is 22.6 Å². The van der Waals surface area contributed by atoms with Crippen molar-refractivity contribution in [1.82, 2.24) is 15.5 Å². The molecule has 2 rings (SSSR count). The van der Waals surface area contributed by atoms with Gasteiger partial charge in [0.05, 0.1) is 0 Å². The van der Waals surface area contributed by atoms with E-state index in [4.69, 9.17) is 0 Å². The van der Waals surface area contributed by atoms with Crippen molar-refractivity contribution in [3.63, 3.8) is 0 Å². The molecule has 1 aromatic carbocycles. The first-order valence-electron chi connectivity index (χ1n) is 8.22. The Morgan fingerprint density at radius 1 is 1.17 bits per heavy atom. The fourth-order valence-corrected chi connectivity index (χ4v) is 3.05. The number of hydrogen-bond donors (Lipinski definition) is 2.